The van der Waals surface area contributed by atoms with Crippen LogP contribution in [0.25, 0.3) is 11.2 Å². The van der Waals surface area contributed by atoms with Gasteiger partial charge in [0.2, 0.25) is 5.95 Å². The molecule has 23 heavy (non-hydrogen) atoms. The summed E-state index contributed by atoms with van der Waals surface area (Å²) in [6.45, 7) is 2.57. The molecule has 0 radical (unpaired) electrons. The van der Waals surface area contributed by atoms with E-state index in [1.807, 2.05) is 0 Å². The Morgan fingerprint density at radius 1 is 1.22 bits per heavy atom. The molecule has 0 atom stereocenters. The molecule has 10 heteroatoms. The van der Waals surface area contributed by atoms with Crippen molar-refractivity contribution in [2.45, 2.75) is 26.7 Å². The van der Waals surface area contributed by atoms with Crippen LogP contribution >= 0.6 is 0 Å². The lowest BCUT2D eigenvalue weighted by molar-refractivity contribution is -0.154. The first-order valence-corrected chi connectivity index (χ1v) is 6.77. The molecule has 0 saturated heterocycles. The Bertz CT molecular complexity index is 683. The number of rotatable bonds is 7. The predicted molar refractivity (Wildman–Crippen MR) is 77.9 cm³/mol. The van der Waals surface area contributed by atoms with Crippen LogP contribution in [0, 0.1) is 0 Å². The Morgan fingerprint density at radius 3 is 2.48 bits per heavy atom. The number of esters is 2. The van der Waals surface area contributed by atoms with Crippen molar-refractivity contribution in [1.82, 2.24) is 19.5 Å². The number of hydrogen-bond acceptors (Lipinski definition) is 9. The van der Waals surface area contributed by atoms with Crippen molar-refractivity contribution in [2.75, 3.05) is 18.9 Å². The number of nitrogens with two attached hydrogens (primary N) is 1. The fourth-order valence-electron chi connectivity index (χ4n) is 1.71. The van der Waals surface area contributed by atoms with Gasteiger partial charge in [-0.3, -0.25) is 14.2 Å². The molecule has 0 aliphatic carbocycles. The van der Waals surface area contributed by atoms with Crippen LogP contribution < -0.4 is 5.73 Å². The van der Waals surface area contributed by atoms with Crippen molar-refractivity contribution in [3.05, 3.63) is 12.5 Å². The van der Waals surface area contributed by atoms with Crippen LogP contribution in [0.1, 0.15) is 13.8 Å². The van der Waals surface area contributed by atoms with Crippen molar-refractivity contribution in [2.24, 2.45) is 0 Å². The van der Waals surface area contributed by atoms with E-state index in [0.717, 1.165) is 0 Å². The van der Waals surface area contributed by atoms with Crippen molar-refractivity contribution in [1.29, 1.82) is 0 Å². The summed E-state index contributed by atoms with van der Waals surface area (Å²) in [5.41, 5.74) is 6.63. The fourth-order valence-corrected chi connectivity index (χ4v) is 1.71. The largest absolute Gasteiger partial charge is 0.463 e. The Hall–Kier alpha value is -2.75. The van der Waals surface area contributed by atoms with Gasteiger partial charge >= 0.3 is 11.9 Å². The highest BCUT2D eigenvalue weighted by molar-refractivity contribution is 5.70. The SMILES string of the molecule is CC(=O)OCC(COC(C)=O)OCn1cnc2cnc(N)nc21. The van der Waals surface area contributed by atoms with Gasteiger partial charge in [-0.1, -0.05) is 0 Å². The summed E-state index contributed by atoms with van der Waals surface area (Å²) >= 11 is 0. The van der Waals surface area contributed by atoms with E-state index in [9.17, 15) is 9.59 Å². The Morgan fingerprint density at radius 2 is 1.87 bits per heavy atom. The van der Waals surface area contributed by atoms with Crippen LogP contribution in [0.4, 0.5) is 5.95 Å². The standard InChI is InChI=1S/C13H17N5O5/c1-8(19)21-4-10(5-22-9(2)20)23-7-18-6-16-11-3-15-13(14)17-12(11)18/h3,6,10H,4-5,7H2,1-2H3,(H2,14,15,17). The smallest absolute Gasteiger partial charge is 0.302 e. The van der Waals surface area contributed by atoms with Gasteiger partial charge in [-0.15, -0.1) is 0 Å². The van der Waals surface area contributed by atoms with Crippen molar-refractivity contribution in [3.63, 3.8) is 0 Å². The minimum atomic E-state index is -0.612. The van der Waals surface area contributed by atoms with Gasteiger partial charge in [0.1, 0.15) is 31.6 Å². The molecule has 0 fully saturated rings. The summed E-state index contributed by atoms with van der Waals surface area (Å²) < 4.78 is 17.0. The van der Waals surface area contributed by atoms with Gasteiger partial charge in [0.15, 0.2) is 5.65 Å². The van der Waals surface area contributed by atoms with Gasteiger partial charge in [0.05, 0.1) is 12.5 Å². The highest BCUT2D eigenvalue weighted by Gasteiger charge is 2.15. The normalized spacial score (nSPS) is 10.9. The molecule has 0 saturated carbocycles. The van der Waals surface area contributed by atoms with E-state index in [4.69, 9.17) is 19.9 Å². The zero-order chi connectivity index (χ0) is 16.8. The van der Waals surface area contributed by atoms with Gasteiger partial charge in [0.25, 0.3) is 0 Å². The molecule has 10 nitrogen and oxygen atoms in total. The Balaban J connectivity index is 2.01. The maximum atomic E-state index is 10.9. The van der Waals surface area contributed by atoms with E-state index in [2.05, 4.69) is 15.0 Å². The van der Waals surface area contributed by atoms with E-state index in [-0.39, 0.29) is 25.9 Å². The zero-order valence-electron chi connectivity index (χ0n) is 12.8. The van der Waals surface area contributed by atoms with Crippen LogP contribution in [0.5, 0.6) is 0 Å². The number of anilines is 1. The van der Waals surface area contributed by atoms with Crippen molar-refractivity contribution >= 4 is 29.1 Å². The van der Waals surface area contributed by atoms with Gasteiger partial charge in [-0.25, -0.2) is 9.97 Å². The molecule has 0 aliphatic rings. The summed E-state index contributed by atoms with van der Waals surface area (Å²) in [6, 6.07) is 0. The minimum Gasteiger partial charge on any atom is -0.463 e. The number of nitrogen functional groups attached to an aromatic ring is 1. The molecule has 2 rings (SSSR count). The van der Waals surface area contributed by atoms with Gasteiger partial charge in [0, 0.05) is 13.8 Å². The maximum absolute atomic E-state index is 10.9. The summed E-state index contributed by atoms with van der Waals surface area (Å²) in [5.74, 6) is -0.777. The van der Waals surface area contributed by atoms with Crippen LogP contribution in [-0.2, 0) is 30.5 Å². The number of aromatic nitrogens is 4. The van der Waals surface area contributed by atoms with Gasteiger partial charge in [-0.05, 0) is 0 Å². The molecule has 0 spiro atoms. The third-order valence-electron chi connectivity index (χ3n) is 2.77. The summed E-state index contributed by atoms with van der Waals surface area (Å²) in [7, 11) is 0. The molecular weight excluding hydrogens is 306 g/mol. The van der Waals surface area contributed by atoms with Crippen molar-refractivity contribution < 1.29 is 23.8 Å². The maximum Gasteiger partial charge on any atom is 0.302 e. The number of hydrogen-bond donors (Lipinski definition) is 1. The second-order valence-electron chi connectivity index (χ2n) is 4.67. The van der Waals surface area contributed by atoms with Gasteiger partial charge < -0.3 is 19.9 Å². The summed E-state index contributed by atoms with van der Waals surface area (Å²) in [4.78, 5) is 33.8. The van der Waals surface area contributed by atoms with Gasteiger partial charge in [-0.2, -0.15) is 4.98 Å². The van der Waals surface area contributed by atoms with E-state index in [1.54, 1.807) is 4.57 Å². The second kappa shape index (κ2) is 7.49. The lowest BCUT2D eigenvalue weighted by Gasteiger charge is -2.17. The first-order valence-electron chi connectivity index (χ1n) is 6.77. The molecule has 0 aliphatic heterocycles. The quantitative estimate of drug-likeness (QED) is 0.692. The number of ether oxygens (including phenoxy) is 3. The minimum absolute atomic E-state index is 0.0354. The lowest BCUT2D eigenvalue weighted by Crippen LogP contribution is -2.28. The molecule has 2 aromatic heterocycles. The fraction of sp³-hybridized carbons (Fsp3) is 0.462. The number of imidazole rings is 1. The first-order chi connectivity index (χ1) is 11.0. The molecule has 0 amide bonds. The number of fused-ring (bicyclic) bond motifs is 1. The molecule has 0 unspecified atom stereocenters. The predicted octanol–water partition coefficient (Wildman–Crippen LogP) is -0.123. The van der Waals surface area contributed by atoms with Crippen molar-refractivity contribution in [3.8, 4) is 0 Å². The molecule has 0 aromatic carbocycles. The van der Waals surface area contributed by atoms with Crippen LogP contribution in [0.2, 0.25) is 0 Å². The topological polar surface area (TPSA) is 131 Å². The molecule has 124 valence electrons. The summed E-state index contributed by atoms with van der Waals surface area (Å²) in [5, 5.41) is 0. The molecule has 2 N–H and O–H groups in total. The number of nitrogens with zero attached hydrogens (tertiary/aromatic N) is 4. The highest BCUT2D eigenvalue weighted by atomic mass is 16.6. The molecule has 0 bridgehead atoms. The van der Waals surface area contributed by atoms with Crippen LogP contribution in [0.3, 0.4) is 0 Å². The third kappa shape index (κ3) is 4.88. The highest BCUT2D eigenvalue weighted by Crippen LogP contribution is 2.10. The number of carbonyl (C=O) groups is 2. The van der Waals surface area contributed by atoms with Crippen LogP contribution in [0.15, 0.2) is 12.5 Å². The molecular formula is C13H17N5O5. The molecule has 2 heterocycles. The monoisotopic (exact) mass is 323 g/mol. The molecule has 2 aromatic rings. The average molecular weight is 323 g/mol. The van der Waals surface area contributed by atoms with E-state index in [1.165, 1.54) is 26.4 Å². The third-order valence-corrected chi connectivity index (χ3v) is 2.77. The van der Waals surface area contributed by atoms with E-state index >= 15 is 0 Å². The lowest BCUT2D eigenvalue weighted by atomic mass is 10.4. The van der Waals surface area contributed by atoms with E-state index in [0.29, 0.717) is 11.2 Å². The Labute approximate surface area is 131 Å². The number of carbonyl (C=O) groups excluding carboxylic acids is 2. The van der Waals surface area contributed by atoms with Crippen LogP contribution in [-0.4, -0.2) is 50.8 Å². The average Bonchev–Trinajstić information content (AvgIpc) is 2.88. The van der Waals surface area contributed by atoms with E-state index < -0.39 is 18.0 Å². The second-order valence-corrected chi connectivity index (χ2v) is 4.67. The first kappa shape index (κ1) is 16.6. The summed E-state index contributed by atoms with van der Waals surface area (Å²) in [6.07, 6.45) is 2.41. The zero-order valence-corrected chi connectivity index (χ0v) is 12.8. The Kier molecular flexibility index (Phi) is 5.41.